The fourth-order valence-electron chi connectivity index (χ4n) is 2.06. The van der Waals surface area contributed by atoms with E-state index in [2.05, 4.69) is 21.2 Å². The lowest BCUT2D eigenvalue weighted by Crippen LogP contribution is -2.34. The van der Waals surface area contributed by atoms with E-state index in [4.69, 9.17) is 5.73 Å². The Morgan fingerprint density at radius 2 is 1.95 bits per heavy atom. The second-order valence-electron chi connectivity index (χ2n) is 4.91. The number of halogens is 2. The van der Waals surface area contributed by atoms with Gasteiger partial charge in [-0.25, -0.2) is 4.39 Å². The highest BCUT2D eigenvalue weighted by molar-refractivity contribution is 9.10. The van der Waals surface area contributed by atoms with E-state index in [0.29, 0.717) is 6.42 Å². The lowest BCUT2D eigenvalue weighted by Gasteiger charge is -2.15. The van der Waals surface area contributed by atoms with Gasteiger partial charge in [0.2, 0.25) is 0 Å². The minimum atomic E-state index is -0.580. The van der Waals surface area contributed by atoms with Crippen molar-refractivity contribution in [2.24, 2.45) is 0 Å². The Hall–Kier alpha value is -1.88. The molecule has 21 heavy (non-hydrogen) atoms. The zero-order valence-electron chi connectivity index (χ0n) is 11.6. The first-order valence-electron chi connectivity index (χ1n) is 6.56. The first kappa shape index (κ1) is 15.5. The Bertz CT molecular complexity index is 643. The fraction of sp³-hybridized carbons (Fsp3) is 0.188. The zero-order chi connectivity index (χ0) is 15.4. The van der Waals surface area contributed by atoms with Crippen LogP contribution >= 0.6 is 15.9 Å². The second kappa shape index (κ2) is 6.72. The summed E-state index contributed by atoms with van der Waals surface area (Å²) in [6, 6.07) is 12.0. The van der Waals surface area contributed by atoms with Crippen LogP contribution in [0, 0.1) is 5.82 Å². The van der Waals surface area contributed by atoms with E-state index in [0.717, 1.165) is 10.0 Å². The van der Waals surface area contributed by atoms with Crippen LogP contribution in [0.2, 0.25) is 0 Å². The summed E-state index contributed by atoms with van der Waals surface area (Å²) in [5.41, 5.74) is 6.74. The predicted molar refractivity (Wildman–Crippen MR) is 85.6 cm³/mol. The van der Waals surface area contributed by atoms with Crippen molar-refractivity contribution in [2.45, 2.75) is 19.4 Å². The zero-order valence-corrected chi connectivity index (χ0v) is 13.2. The maximum absolute atomic E-state index is 13.4. The Morgan fingerprint density at radius 1 is 1.29 bits per heavy atom. The van der Waals surface area contributed by atoms with Crippen LogP contribution in [0.15, 0.2) is 46.9 Å². The van der Waals surface area contributed by atoms with Gasteiger partial charge in [-0.05, 0) is 43.2 Å². The number of hydrogen-bond acceptors (Lipinski definition) is 2. The van der Waals surface area contributed by atoms with Crippen LogP contribution in [0.5, 0.6) is 0 Å². The van der Waals surface area contributed by atoms with Crippen molar-refractivity contribution < 1.29 is 9.18 Å². The van der Waals surface area contributed by atoms with Gasteiger partial charge in [0, 0.05) is 10.5 Å². The summed E-state index contributed by atoms with van der Waals surface area (Å²) in [5, 5.41) is 2.83. The molecule has 5 heteroatoms. The molecule has 0 fully saturated rings. The molecule has 1 amide bonds. The van der Waals surface area contributed by atoms with Crippen LogP contribution in [-0.2, 0) is 6.42 Å². The average Bonchev–Trinajstić information content (AvgIpc) is 2.44. The van der Waals surface area contributed by atoms with Crippen molar-refractivity contribution >= 4 is 27.5 Å². The molecule has 0 heterocycles. The summed E-state index contributed by atoms with van der Waals surface area (Å²) < 4.78 is 14.4. The molecule has 0 radical (unpaired) electrons. The molecule has 0 spiro atoms. The number of amides is 1. The smallest absolute Gasteiger partial charge is 0.253 e. The molecule has 0 saturated heterocycles. The number of anilines is 1. The van der Waals surface area contributed by atoms with Gasteiger partial charge in [0.25, 0.3) is 5.91 Å². The number of hydrogen-bond donors (Lipinski definition) is 2. The highest BCUT2D eigenvalue weighted by Crippen LogP contribution is 2.16. The number of carbonyl (C=O) groups excluding carboxylic acids is 1. The van der Waals surface area contributed by atoms with Crippen LogP contribution in [0.4, 0.5) is 10.1 Å². The van der Waals surface area contributed by atoms with Gasteiger partial charge >= 0.3 is 0 Å². The van der Waals surface area contributed by atoms with E-state index >= 15 is 0 Å². The Labute approximate surface area is 131 Å². The summed E-state index contributed by atoms with van der Waals surface area (Å²) in [6.07, 6.45) is 0.689. The van der Waals surface area contributed by atoms with Crippen LogP contribution < -0.4 is 11.1 Å². The van der Waals surface area contributed by atoms with Gasteiger partial charge in [0.05, 0.1) is 11.3 Å². The van der Waals surface area contributed by atoms with E-state index in [1.165, 1.54) is 18.2 Å². The third-order valence-electron chi connectivity index (χ3n) is 3.13. The molecule has 0 aliphatic heterocycles. The first-order chi connectivity index (χ1) is 9.97. The van der Waals surface area contributed by atoms with Gasteiger partial charge in [-0.15, -0.1) is 0 Å². The number of rotatable bonds is 4. The van der Waals surface area contributed by atoms with Crippen molar-refractivity contribution in [1.29, 1.82) is 0 Å². The predicted octanol–water partition coefficient (Wildman–Crippen LogP) is 3.53. The fourth-order valence-corrected chi connectivity index (χ4v) is 2.33. The van der Waals surface area contributed by atoms with Crippen molar-refractivity contribution in [3.05, 3.63) is 63.9 Å². The molecule has 0 aliphatic carbocycles. The largest absolute Gasteiger partial charge is 0.396 e. The summed E-state index contributed by atoms with van der Waals surface area (Å²) in [7, 11) is 0. The molecule has 0 aliphatic rings. The number of nitrogen functional groups attached to an aromatic ring is 1. The van der Waals surface area contributed by atoms with E-state index < -0.39 is 5.82 Å². The SMILES string of the molecule is CC(Cc1ccc(Br)cc1)NC(=O)c1cccc(F)c1N. The molecule has 0 aromatic heterocycles. The van der Waals surface area contributed by atoms with Crippen molar-refractivity contribution in [2.75, 3.05) is 5.73 Å². The van der Waals surface area contributed by atoms with Gasteiger partial charge in [-0.1, -0.05) is 34.1 Å². The minimum absolute atomic E-state index is 0.0821. The molecule has 2 aromatic carbocycles. The lowest BCUT2D eigenvalue weighted by atomic mass is 10.1. The van der Waals surface area contributed by atoms with Gasteiger partial charge in [0.1, 0.15) is 5.82 Å². The highest BCUT2D eigenvalue weighted by Gasteiger charge is 2.15. The van der Waals surface area contributed by atoms with Gasteiger partial charge < -0.3 is 11.1 Å². The molecular formula is C16H16BrFN2O. The van der Waals surface area contributed by atoms with Crippen LogP contribution in [0.3, 0.4) is 0 Å². The molecular weight excluding hydrogens is 335 g/mol. The molecule has 2 aromatic rings. The van der Waals surface area contributed by atoms with E-state index in [1.54, 1.807) is 0 Å². The number of carbonyl (C=O) groups is 1. The standard InChI is InChI=1S/C16H16BrFN2O/c1-10(9-11-5-7-12(17)8-6-11)20-16(21)13-3-2-4-14(18)15(13)19/h2-8,10H,9,19H2,1H3,(H,20,21). The Morgan fingerprint density at radius 3 is 2.62 bits per heavy atom. The summed E-state index contributed by atoms with van der Waals surface area (Å²) in [4.78, 5) is 12.1. The molecule has 1 unspecified atom stereocenters. The normalized spacial score (nSPS) is 12.0. The number of para-hydroxylation sites is 1. The Kier molecular flexibility index (Phi) is 4.96. The molecule has 0 bridgehead atoms. The van der Waals surface area contributed by atoms with Crippen molar-refractivity contribution in [3.63, 3.8) is 0 Å². The summed E-state index contributed by atoms with van der Waals surface area (Å²) in [5.74, 6) is -0.945. The molecule has 1 atom stereocenters. The maximum atomic E-state index is 13.4. The monoisotopic (exact) mass is 350 g/mol. The van der Waals surface area contributed by atoms with Crippen LogP contribution in [-0.4, -0.2) is 11.9 Å². The maximum Gasteiger partial charge on any atom is 0.253 e. The average molecular weight is 351 g/mol. The molecule has 110 valence electrons. The molecule has 3 nitrogen and oxygen atoms in total. The summed E-state index contributed by atoms with van der Waals surface area (Å²) >= 11 is 3.38. The van der Waals surface area contributed by atoms with Gasteiger partial charge in [-0.2, -0.15) is 0 Å². The number of nitrogens with two attached hydrogens (primary N) is 1. The topological polar surface area (TPSA) is 55.1 Å². The van der Waals surface area contributed by atoms with Gasteiger partial charge in [0.15, 0.2) is 0 Å². The highest BCUT2D eigenvalue weighted by atomic mass is 79.9. The minimum Gasteiger partial charge on any atom is -0.396 e. The van der Waals surface area contributed by atoms with Crippen molar-refractivity contribution in [3.8, 4) is 0 Å². The van der Waals surface area contributed by atoms with E-state index in [9.17, 15) is 9.18 Å². The molecule has 3 N–H and O–H groups in total. The molecule has 2 rings (SSSR count). The van der Waals surface area contributed by atoms with Crippen LogP contribution in [0.25, 0.3) is 0 Å². The van der Waals surface area contributed by atoms with E-state index in [1.807, 2.05) is 31.2 Å². The third-order valence-corrected chi connectivity index (χ3v) is 3.66. The van der Waals surface area contributed by atoms with E-state index in [-0.39, 0.29) is 23.2 Å². The number of nitrogens with one attached hydrogen (secondary N) is 1. The third kappa shape index (κ3) is 4.04. The molecule has 0 saturated carbocycles. The quantitative estimate of drug-likeness (QED) is 0.828. The number of benzene rings is 2. The van der Waals surface area contributed by atoms with Crippen molar-refractivity contribution in [1.82, 2.24) is 5.32 Å². The first-order valence-corrected chi connectivity index (χ1v) is 7.36. The van der Waals surface area contributed by atoms with Gasteiger partial charge in [-0.3, -0.25) is 4.79 Å². The lowest BCUT2D eigenvalue weighted by molar-refractivity contribution is 0.0940. The Balaban J connectivity index is 2.02. The second-order valence-corrected chi connectivity index (χ2v) is 5.82. The van der Waals surface area contributed by atoms with Crippen LogP contribution in [0.1, 0.15) is 22.8 Å². The summed E-state index contributed by atoms with van der Waals surface area (Å²) in [6.45, 7) is 1.90.